The molecule has 47 heavy (non-hydrogen) atoms. The number of piperazine rings is 1. The number of hydrogen-bond acceptors (Lipinski definition) is 5. The van der Waals surface area contributed by atoms with Crippen LogP contribution in [0.5, 0.6) is 0 Å². The van der Waals surface area contributed by atoms with E-state index in [9.17, 15) is 18.0 Å². The van der Waals surface area contributed by atoms with Crippen molar-refractivity contribution < 1.29 is 27.9 Å². The highest BCUT2D eigenvalue weighted by Crippen LogP contribution is 2.22. The monoisotopic (exact) mass is 652 g/mol. The second-order valence-corrected chi connectivity index (χ2v) is 12.2. The van der Waals surface area contributed by atoms with E-state index < -0.39 is 12.1 Å². The maximum absolute atomic E-state index is 13.3. The molecule has 0 saturated carbocycles. The zero-order chi connectivity index (χ0) is 34.2. The Hall–Kier alpha value is -3.99. The lowest BCUT2D eigenvalue weighted by atomic mass is 10.0. The molecule has 2 N–H and O–H groups in total. The molecule has 4 rings (SSSR count). The van der Waals surface area contributed by atoms with Crippen molar-refractivity contribution in [3.63, 3.8) is 0 Å². The minimum Gasteiger partial charge on any atom is -0.475 e. The fraction of sp³-hybridized carbons (Fsp3) is 0.405. The molecule has 1 amide bonds. The van der Waals surface area contributed by atoms with E-state index in [0.29, 0.717) is 12.5 Å². The van der Waals surface area contributed by atoms with Gasteiger partial charge in [0.05, 0.1) is 0 Å². The number of likely N-dealkylation sites (N-methyl/N-ethyl adjacent to an activating group) is 1. The molecule has 1 fully saturated rings. The van der Waals surface area contributed by atoms with Crippen molar-refractivity contribution >= 4 is 18.0 Å². The molecule has 0 aromatic heterocycles. The zero-order valence-electron chi connectivity index (χ0n) is 27.5. The summed E-state index contributed by atoms with van der Waals surface area (Å²) in [7, 11) is 2.18. The van der Waals surface area contributed by atoms with E-state index in [2.05, 4.69) is 84.5 Å². The topological polar surface area (TPSA) is 76.1 Å². The molecule has 0 aliphatic carbocycles. The van der Waals surface area contributed by atoms with Crippen molar-refractivity contribution in [1.29, 1.82) is 0 Å². The number of carbonyl (C=O) groups excluding carboxylic acids is 1. The van der Waals surface area contributed by atoms with Gasteiger partial charge in [0, 0.05) is 51.9 Å². The summed E-state index contributed by atoms with van der Waals surface area (Å²) in [6.45, 7) is 13.2. The summed E-state index contributed by atoms with van der Waals surface area (Å²) >= 11 is 0. The lowest BCUT2D eigenvalue weighted by Crippen LogP contribution is -2.45. The van der Waals surface area contributed by atoms with Gasteiger partial charge in [-0.15, -0.1) is 0 Å². The number of rotatable bonds is 13. The number of benzene rings is 3. The summed E-state index contributed by atoms with van der Waals surface area (Å²) in [4.78, 5) is 29.1. The quantitative estimate of drug-likeness (QED) is 0.208. The first-order valence-electron chi connectivity index (χ1n) is 16.0. The summed E-state index contributed by atoms with van der Waals surface area (Å²) in [6, 6.07) is 27.5. The number of nitrogens with zero attached hydrogens (tertiary/aromatic N) is 3. The smallest absolute Gasteiger partial charge is 0.475 e. The van der Waals surface area contributed by atoms with E-state index in [4.69, 9.17) is 9.90 Å². The third-order valence-electron chi connectivity index (χ3n) is 7.74. The molecule has 10 heteroatoms. The van der Waals surface area contributed by atoms with Gasteiger partial charge < -0.3 is 25.1 Å². The van der Waals surface area contributed by atoms with E-state index in [1.165, 1.54) is 16.7 Å². The summed E-state index contributed by atoms with van der Waals surface area (Å²) in [5, 5.41) is 10.7. The molecule has 7 nitrogen and oxygen atoms in total. The number of halogens is 3. The molecule has 0 radical (unpaired) electrons. The fourth-order valence-corrected chi connectivity index (χ4v) is 5.05. The second kappa shape index (κ2) is 19.0. The van der Waals surface area contributed by atoms with Crippen molar-refractivity contribution in [2.45, 2.75) is 39.5 Å². The van der Waals surface area contributed by atoms with Gasteiger partial charge in [-0.3, -0.25) is 4.79 Å². The van der Waals surface area contributed by atoms with Crippen LogP contribution in [0.4, 0.5) is 13.2 Å². The fourth-order valence-electron chi connectivity index (χ4n) is 5.05. The maximum atomic E-state index is 13.3. The number of carbonyl (C=O) groups is 2. The maximum Gasteiger partial charge on any atom is 0.490 e. The predicted molar refractivity (Wildman–Crippen MR) is 182 cm³/mol. The van der Waals surface area contributed by atoms with Gasteiger partial charge in [-0.1, -0.05) is 86.6 Å². The Morgan fingerprint density at radius 3 is 2.19 bits per heavy atom. The van der Waals surface area contributed by atoms with Crippen LogP contribution in [0.25, 0.3) is 17.2 Å². The molecular formula is C37H47F3N4O3. The Balaban J connectivity index is 0.000000771. The normalized spacial score (nSPS) is 14.2. The molecule has 0 unspecified atom stereocenters. The molecule has 3 aromatic rings. The van der Waals surface area contributed by atoms with Crippen LogP contribution in [-0.2, 0) is 22.7 Å². The van der Waals surface area contributed by atoms with Gasteiger partial charge in [0.15, 0.2) is 0 Å². The van der Waals surface area contributed by atoms with E-state index in [1.54, 1.807) is 6.08 Å². The molecule has 0 spiro atoms. The Bertz CT molecular complexity index is 1400. The molecular weight excluding hydrogens is 605 g/mol. The average Bonchev–Trinajstić information content (AvgIpc) is 3.05. The Morgan fingerprint density at radius 1 is 0.915 bits per heavy atom. The lowest BCUT2D eigenvalue weighted by molar-refractivity contribution is -0.192. The molecule has 1 aliphatic heterocycles. The summed E-state index contributed by atoms with van der Waals surface area (Å²) in [5.74, 6) is -2.05. The van der Waals surface area contributed by atoms with Crippen LogP contribution in [0.1, 0.15) is 37.0 Å². The first-order chi connectivity index (χ1) is 22.4. The largest absolute Gasteiger partial charge is 0.490 e. The van der Waals surface area contributed by atoms with Gasteiger partial charge in [0.2, 0.25) is 5.91 Å². The van der Waals surface area contributed by atoms with Gasteiger partial charge in [-0.25, -0.2) is 4.79 Å². The van der Waals surface area contributed by atoms with Gasteiger partial charge >= 0.3 is 12.1 Å². The van der Waals surface area contributed by atoms with Crippen LogP contribution in [0.15, 0.2) is 84.9 Å². The van der Waals surface area contributed by atoms with Gasteiger partial charge in [0.25, 0.3) is 0 Å². The number of carboxylic acids is 1. The third-order valence-corrected chi connectivity index (χ3v) is 7.74. The lowest BCUT2D eigenvalue weighted by Gasteiger charge is -2.33. The Labute approximate surface area is 276 Å². The van der Waals surface area contributed by atoms with Crippen LogP contribution >= 0.6 is 0 Å². The molecule has 254 valence electrons. The predicted octanol–water partition coefficient (Wildman–Crippen LogP) is 6.41. The second-order valence-electron chi connectivity index (χ2n) is 12.2. The highest BCUT2D eigenvalue weighted by atomic mass is 19.4. The van der Waals surface area contributed by atoms with Crippen LogP contribution in [0.2, 0.25) is 0 Å². The van der Waals surface area contributed by atoms with Crippen LogP contribution in [0, 0.1) is 5.92 Å². The number of alkyl halides is 3. The summed E-state index contributed by atoms with van der Waals surface area (Å²) < 4.78 is 31.7. The van der Waals surface area contributed by atoms with E-state index in [0.717, 1.165) is 69.9 Å². The molecule has 0 bridgehead atoms. The SMILES string of the molecule is CC(C)CNCc1cccc(-c2ccc(CN(CCCN3CCN(C)CC3)C(=O)/C=C/c3ccccc3)cc2)c1.O=C(O)C(F)(F)F. The number of aliphatic carboxylic acids is 1. The molecule has 1 heterocycles. The zero-order valence-corrected chi connectivity index (χ0v) is 27.5. The number of nitrogens with one attached hydrogen (secondary N) is 1. The first kappa shape index (κ1) is 37.5. The minimum atomic E-state index is -5.08. The average molecular weight is 653 g/mol. The number of hydrogen-bond donors (Lipinski definition) is 2. The third kappa shape index (κ3) is 14.1. The van der Waals surface area contributed by atoms with Gasteiger partial charge in [-0.05, 0) is 72.4 Å². The van der Waals surface area contributed by atoms with Crippen molar-refractivity contribution in [2.75, 3.05) is 52.9 Å². The van der Waals surface area contributed by atoms with Gasteiger partial charge in [0.1, 0.15) is 0 Å². The number of carboxylic acid groups (broad SMARTS) is 1. The molecule has 1 saturated heterocycles. The highest BCUT2D eigenvalue weighted by Gasteiger charge is 2.38. The highest BCUT2D eigenvalue weighted by molar-refractivity contribution is 5.91. The molecule has 0 atom stereocenters. The van der Waals surface area contributed by atoms with E-state index >= 15 is 0 Å². The Morgan fingerprint density at radius 2 is 1.57 bits per heavy atom. The summed E-state index contributed by atoms with van der Waals surface area (Å²) in [5.41, 5.74) is 5.91. The van der Waals surface area contributed by atoms with Gasteiger partial charge in [-0.2, -0.15) is 13.2 Å². The number of amides is 1. The molecule has 1 aliphatic rings. The Kier molecular flexibility index (Phi) is 15.1. The van der Waals surface area contributed by atoms with Crippen molar-refractivity contribution in [2.24, 2.45) is 5.92 Å². The van der Waals surface area contributed by atoms with Crippen LogP contribution < -0.4 is 5.32 Å². The molecule has 3 aromatic carbocycles. The van der Waals surface area contributed by atoms with Crippen molar-refractivity contribution in [3.05, 3.63) is 102 Å². The van der Waals surface area contributed by atoms with Crippen molar-refractivity contribution in [3.8, 4) is 11.1 Å². The summed E-state index contributed by atoms with van der Waals surface area (Å²) in [6.07, 6.45) is -0.468. The van der Waals surface area contributed by atoms with Crippen LogP contribution in [-0.4, -0.2) is 90.7 Å². The van der Waals surface area contributed by atoms with Crippen molar-refractivity contribution in [1.82, 2.24) is 20.0 Å². The first-order valence-corrected chi connectivity index (χ1v) is 16.0. The van der Waals surface area contributed by atoms with Crippen LogP contribution in [0.3, 0.4) is 0 Å². The minimum absolute atomic E-state index is 0.0629. The van der Waals surface area contributed by atoms with E-state index in [1.807, 2.05) is 41.3 Å². The van der Waals surface area contributed by atoms with E-state index in [-0.39, 0.29) is 5.91 Å². The standard InChI is InChI=1S/C35H46N4O.C2HF3O2/c1-29(2)26-36-27-32-11-7-12-34(25-32)33-16-13-31(14-17-33)28-39(20-8-19-38-23-21-37(3)22-24-38)35(40)18-15-30-9-5-4-6-10-30;3-2(4,5)1(6)7/h4-7,9-18,25,29,36H,8,19-24,26-28H2,1-3H3;(H,6,7)/b18-15+;.